The van der Waals surface area contributed by atoms with Gasteiger partial charge in [0.05, 0.1) is 6.61 Å². The molecule has 24 heavy (non-hydrogen) atoms. The fourth-order valence-electron chi connectivity index (χ4n) is 2.76. The van der Waals surface area contributed by atoms with E-state index in [9.17, 15) is 0 Å². The summed E-state index contributed by atoms with van der Waals surface area (Å²) in [6.45, 7) is 6.94. The fourth-order valence-corrected chi connectivity index (χ4v) is 3.44. The summed E-state index contributed by atoms with van der Waals surface area (Å²) in [5.41, 5.74) is 1.26. The van der Waals surface area contributed by atoms with Crippen LogP contribution in [-0.4, -0.2) is 6.61 Å². The highest BCUT2D eigenvalue weighted by molar-refractivity contribution is 7.09. The lowest BCUT2D eigenvalue weighted by Gasteiger charge is -2.15. The van der Waals surface area contributed by atoms with Crippen molar-refractivity contribution in [2.24, 2.45) is 5.92 Å². The van der Waals surface area contributed by atoms with E-state index in [4.69, 9.17) is 4.74 Å². The van der Waals surface area contributed by atoms with E-state index in [-0.39, 0.29) is 0 Å². The van der Waals surface area contributed by atoms with E-state index in [2.05, 4.69) is 73.1 Å². The highest BCUT2D eigenvalue weighted by Gasteiger charge is 2.09. The molecule has 0 aliphatic carbocycles. The molecule has 1 N–H and O–H groups in total. The topological polar surface area (TPSA) is 21.3 Å². The van der Waals surface area contributed by atoms with E-state index in [0.29, 0.717) is 5.92 Å². The van der Waals surface area contributed by atoms with Crippen LogP contribution >= 0.6 is 11.3 Å². The van der Waals surface area contributed by atoms with Crippen molar-refractivity contribution >= 4 is 22.1 Å². The van der Waals surface area contributed by atoms with Gasteiger partial charge in [0, 0.05) is 23.5 Å². The number of benzene rings is 2. The molecule has 0 fully saturated rings. The van der Waals surface area contributed by atoms with Crippen molar-refractivity contribution in [1.82, 2.24) is 5.32 Å². The molecule has 0 aliphatic rings. The van der Waals surface area contributed by atoms with Crippen LogP contribution in [0.5, 0.6) is 5.75 Å². The van der Waals surface area contributed by atoms with Crippen LogP contribution in [0.2, 0.25) is 0 Å². The van der Waals surface area contributed by atoms with Crippen LogP contribution in [0, 0.1) is 5.92 Å². The lowest BCUT2D eigenvalue weighted by atomic mass is 10.0. The van der Waals surface area contributed by atoms with Crippen LogP contribution in [0.25, 0.3) is 10.8 Å². The van der Waals surface area contributed by atoms with Gasteiger partial charge in [-0.1, -0.05) is 50.2 Å². The molecule has 0 saturated heterocycles. The zero-order valence-corrected chi connectivity index (χ0v) is 15.2. The molecular formula is C21H25NOS. The second-order valence-corrected chi connectivity index (χ2v) is 7.51. The minimum Gasteiger partial charge on any atom is -0.493 e. The first-order valence-corrected chi connectivity index (χ1v) is 9.48. The van der Waals surface area contributed by atoms with E-state index < -0.39 is 0 Å². The lowest BCUT2D eigenvalue weighted by Crippen LogP contribution is -2.14. The minimum absolute atomic E-state index is 0.658. The van der Waals surface area contributed by atoms with Crippen LogP contribution in [0.3, 0.4) is 0 Å². The molecule has 0 spiro atoms. The van der Waals surface area contributed by atoms with Crippen LogP contribution in [0.4, 0.5) is 0 Å². The monoisotopic (exact) mass is 339 g/mol. The molecule has 126 valence electrons. The van der Waals surface area contributed by atoms with Gasteiger partial charge >= 0.3 is 0 Å². The van der Waals surface area contributed by atoms with E-state index >= 15 is 0 Å². The summed E-state index contributed by atoms with van der Waals surface area (Å²) in [5, 5.41) is 8.23. The summed E-state index contributed by atoms with van der Waals surface area (Å²) in [7, 11) is 0. The van der Waals surface area contributed by atoms with Gasteiger partial charge in [-0.3, -0.25) is 0 Å². The Morgan fingerprint density at radius 1 is 1.00 bits per heavy atom. The Labute approximate surface area is 148 Å². The number of ether oxygens (including phenoxy) is 1. The summed E-state index contributed by atoms with van der Waals surface area (Å²) >= 11 is 1.79. The molecule has 0 amide bonds. The van der Waals surface area contributed by atoms with Crippen molar-refractivity contribution < 1.29 is 4.74 Å². The highest BCUT2D eigenvalue weighted by atomic mass is 32.1. The van der Waals surface area contributed by atoms with Gasteiger partial charge in [0.25, 0.3) is 0 Å². The molecule has 3 heteroatoms. The summed E-state index contributed by atoms with van der Waals surface area (Å²) in [4.78, 5) is 1.36. The smallest absolute Gasteiger partial charge is 0.124 e. The van der Waals surface area contributed by atoms with Gasteiger partial charge in [0.15, 0.2) is 0 Å². The van der Waals surface area contributed by atoms with Crippen LogP contribution < -0.4 is 10.1 Å². The molecule has 0 unspecified atom stereocenters. The van der Waals surface area contributed by atoms with Crippen LogP contribution in [-0.2, 0) is 13.1 Å². The maximum atomic E-state index is 6.11. The molecule has 0 atom stereocenters. The van der Waals surface area contributed by atoms with Gasteiger partial charge in [0.2, 0.25) is 0 Å². The van der Waals surface area contributed by atoms with E-state index in [0.717, 1.165) is 31.9 Å². The number of fused-ring (bicyclic) bond motifs is 1. The molecule has 0 bridgehead atoms. The maximum Gasteiger partial charge on any atom is 0.124 e. The minimum atomic E-state index is 0.658. The molecule has 2 nitrogen and oxygen atoms in total. The zero-order valence-electron chi connectivity index (χ0n) is 14.4. The van der Waals surface area contributed by atoms with E-state index in [1.54, 1.807) is 11.3 Å². The number of hydrogen-bond donors (Lipinski definition) is 1. The molecule has 2 aromatic carbocycles. The Balaban J connectivity index is 1.78. The zero-order chi connectivity index (χ0) is 16.8. The van der Waals surface area contributed by atoms with Crippen molar-refractivity contribution in [2.45, 2.75) is 33.4 Å². The van der Waals surface area contributed by atoms with Crippen molar-refractivity contribution in [2.75, 3.05) is 6.61 Å². The second-order valence-electron chi connectivity index (χ2n) is 6.48. The normalized spacial score (nSPS) is 11.3. The van der Waals surface area contributed by atoms with Gasteiger partial charge in [0.1, 0.15) is 5.75 Å². The third-order valence-electron chi connectivity index (χ3n) is 4.13. The lowest BCUT2D eigenvalue weighted by molar-refractivity contribution is 0.287. The summed E-state index contributed by atoms with van der Waals surface area (Å²) in [5.74, 6) is 1.67. The van der Waals surface area contributed by atoms with Gasteiger partial charge < -0.3 is 10.1 Å². The molecule has 1 heterocycles. The first-order chi connectivity index (χ1) is 11.7. The molecular weight excluding hydrogens is 314 g/mol. The van der Waals surface area contributed by atoms with Crippen LogP contribution in [0.1, 0.15) is 30.7 Å². The summed E-state index contributed by atoms with van der Waals surface area (Å²) < 4.78 is 6.11. The number of thiophene rings is 1. The Morgan fingerprint density at radius 3 is 2.67 bits per heavy atom. The third-order valence-corrected chi connectivity index (χ3v) is 5.01. The van der Waals surface area contributed by atoms with E-state index in [1.165, 1.54) is 21.2 Å². The molecule has 3 rings (SSSR count). The largest absolute Gasteiger partial charge is 0.493 e. The van der Waals surface area contributed by atoms with Gasteiger partial charge in [-0.25, -0.2) is 0 Å². The van der Waals surface area contributed by atoms with Crippen molar-refractivity contribution in [3.05, 3.63) is 64.4 Å². The molecule has 0 aliphatic heterocycles. The predicted octanol–water partition coefficient (Wildman–Crippen LogP) is 5.62. The number of nitrogens with one attached hydrogen (secondary N) is 1. The van der Waals surface area contributed by atoms with Crippen molar-refractivity contribution in [1.29, 1.82) is 0 Å². The average molecular weight is 340 g/mol. The third kappa shape index (κ3) is 4.37. The molecule has 1 aromatic heterocycles. The van der Waals surface area contributed by atoms with Crippen LogP contribution in [0.15, 0.2) is 53.9 Å². The Morgan fingerprint density at radius 2 is 1.88 bits per heavy atom. The van der Waals surface area contributed by atoms with Gasteiger partial charge in [-0.15, -0.1) is 11.3 Å². The highest BCUT2D eigenvalue weighted by Crippen LogP contribution is 2.28. The molecule has 0 radical (unpaired) electrons. The Kier molecular flexibility index (Phi) is 5.89. The van der Waals surface area contributed by atoms with Crippen molar-refractivity contribution in [3.8, 4) is 5.75 Å². The SMILES string of the molecule is CC(C)CCOc1ccc2ccccc2c1CNCc1cccs1. The van der Waals surface area contributed by atoms with Crippen molar-refractivity contribution in [3.63, 3.8) is 0 Å². The average Bonchev–Trinajstić information content (AvgIpc) is 3.09. The first-order valence-electron chi connectivity index (χ1n) is 8.60. The van der Waals surface area contributed by atoms with Gasteiger partial charge in [-0.2, -0.15) is 0 Å². The second kappa shape index (κ2) is 8.32. The summed E-state index contributed by atoms with van der Waals surface area (Å²) in [6, 6.07) is 17.1. The Hall–Kier alpha value is -1.84. The number of hydrogen-bond acceptors (Lipinski definition) is 3. The van der Waals surface area contributed by atoms with Gasteiger partial charge in [-0.05, 0) is 40.6 Å². The standard InChI is InChI=1S/C21H25NOS/c1-16(2)11-12-23-21-10-9-17-6-3-4-8-19(17)20(21)15-22-14-18-7-5-13-24-18/h3-10,13,16,22H,11-12,14-15H2,1-2H3. The predicted molar refractivity (Wildman–Crippen MR) is 104 cm³/mol. The molecule has 0 saturated carbocycles. The summed E-state index contributed by atoms with van der Waals surface area (Å²) in [6.07, 6.45) is 1.08. The maximum absolute atomic E-state index is 6.11. The first kappa shape index (κ1) is 17.0. The van der Waals surface area contributed by atoms with E-state index in [1.807, 2.05) is 0 Å². The number of rotatable bonds is 8. The quantitative estimate of drug-likeness (QED) is 0.575. The fraction of sp³-hybridized carbons (Fsp3) is 0.333. The Bertz CT molecular complexity index is 765. The molecule has 3 aromatic rings.